The van der Waals surface area contributed by atoms with Gasteiger partial charge >= 0.3 is 37.8 Å². The van der Waals surface area contributed by atoms with Gasteiger partial charge in [-0.1, -0.05) is 0 Å². The summed E-state index contributed by atoms with van der Waals surface area (Å²) in [4.78, 5) is 0. The average molecular weight is 455 g/mol. The van der Waals surface area contributed by atoms with Crippen molar-refractivity contribution in [2.24, 2.45) is 0 Å². The van der Waals surface area contributed by atoms with Crippen LogP contribution in [0.1, 0.15) is 0 Å². The molecule has 0 aliphatic rings. The van der Waals surface area contributed by atoms with Crippen LogP contribution in [0.3, 0.4) is 0 Å². The number of hydrogen-bond acceptors (Lipinski definition) is 0. The third-order valence-electron chi connectivity index (χ3n) is 1.68. The van der Waals surface area contributed by atoms with E-state index in [0.717, 1.165) is 12.1 Å². The Bertz CT molecular complexity index is 326. The van der Waals surface area contributed by atoms with Gasteiger partial charge in [-0.15, -0.1) is 5.19 Å². The van der Waals surface area contributed by atoms with Crippen LogP contribution in [0, 0.1) is 0 Å². The van der Waals surface area contributed by atoms with Crippen molar-refractivity contribution < 1.29 is 52.5 Å². The average Bonchev–Trinajstić information content (AvgIpc) is 2.81. The third-order valence-corrected chi connectivity index (χ3v) is 4.04. The molecule has 0 aliphatic heterocycles. The Morgan fingerprint density at radius 1 is 0.667 bits per heavy atom. The summed E-state index contributed by atoms with van der Waals surface area (Å²) in [6, 6.07) is 4.09. The summed E-state index contributed by atoms with van der Waals surface area (Å²) in [5, 5.41) is 9.87. The Hall–Kier alpha value is -0.0900. The van der Waals surface area contributed by atoms with Gasteiger partial charge < -0.3 is 16.0 Å². The molecule has 0 amide bonds. The largest absolute Gasteiger partial charge is 4.00 e. The predicted octanol–water partition coefficient (Wildman–Crippen LogP) is 3.90. The van der Waals surface area contributed by atoms with E-state index in [0.29, 0.717) is 0 Å². The fourth-order valence-corrected chi connectivity index (χ4v) is 2.88. The molecule has 0 bridgehead atoms. The van der Waals surface area contributed by atoms with Crippen molar-refractivity contribution in [2.75, 3.05) is 42.3 Å². The molecule has 1 aromatic carbocycles. The SMILES string of the molecule is C[N-]C.C[N-]C.C[N-]C.FC(F)(F)[SiH]([c-]1cccc1)C(F)(F)F.[Zr+4]. The molecule has 1 rings (SSSR count). The Kier molecular flexibility index (Phi) is 23.4. The van der Waals surface area contributed by atoms with Gasteiger partial charge in [-0.2, -0.15) is 80.8 Å². The van der Waals surface area contributed by atoms with Crippen molar-refractivity contribution in [3.63, 3.8) is 0 Å². The summed E-state index contributed by atoms with van der Waals surface area (Å²) in [5.74, 6) is -10.3. The number of hydrogen-bond donors (Lipinski definition) is 0. The van der Waals surface area contributed by atoms with Gasteiger partial charge in [0.25, 0.3) is 8.80 Å². The van der Waals surface area contributed by atoms with Gasteiger partial charge in [0.2, 0.25) is 0 Å². The van der Waals surface area contributed by atoms with Crippen molar-refractivity contribution in [3.8, 4) is 0 Å². The van der Waals surface area contributed by atoms with E-state index in [9.17, 15) is 26.3 Å². The zero-order valence-corrected chi connectivity index (χ0v) is 18.1. The smallest absolute Gasteiger partial charge is 0.668 e. The van der Waals surface area contributed by atoms with Crippen LogP contribution in [0.4, 0.5) is 26.3 Å². The summed E-state index contributed by atoms with van der Waals surface area (Å²) >= 11 is 0. The Morgan fingerprint density at radius 3 is 1.04 bits per heavy atom. The Morgan fingerprint density at radius 2 is 0.875 bits per heavy atom. The van der Waals surface area contributed by atoms with Crippen molar-refractivity contribution in [3.05, 3.63) is 40.2 Å². The first-order valence-corrected chi connectivity index (χ1v) is 7.99. The van der Waals surface area contributed by atoms with E-state index in [4.69, 9.17) is 0 Å². The van der Waals surface area contributed by atoms with Gasteiger partial charge in [0.05, 0.1) is 0 Å². The first-order chi connectivity index (χ1) is 10.5. The third kappa shape index (κ3) is 18.3. The fourth-order valence-electron chi connectivity index (χ4n) is 1.14. The Labute approximate surface area is 160 Å². The maximum Gasteiger partial charge on any atom is 4.00 e. The normalized spacial score (nSPS) is 10.2. The maximum atomic E-state index is 12.1. The predicted molar refractivity (Wildman–Crippen MR) is 86.5 cm³/mol. The molecule has 0 saturated heterocycles. The minimum absolute atomic E-state index is 0. The number of rotatable bonds is 1. The number of halogens is 6. The van der Waals surface area contributed by atoms with Crippen LogP contribution < -0.4 is 5.19 Å². The monoisotopic (exact) mass is 453 g/mol. The minimum Gasteiger partial charge on any atom is -0.668 e. The fraction of sp³-hybridized carbons (Fsp3) is 0.615. The van der Waals surface area contributed by atoms with Crippen LogP contribution in [0.5, 0.6) is 0 Å². The molecule has 140 valence electrons. The van der Waals surface area contributed by atoms with Gasteiger partial charge in [0, 0.05) is 0 Å². The standard InChI is InChI=1S/C7H5F6Si.3C2H6N.Zr/c8-6(9,10)14(7(11,12)13)5-3-1-2-4-5;3*1-3-2;/h1-4,14H;3*1-2H3;/q4*-1;+4. The molecule has 3 nitrogen and oxygen atoms in total. The van der Waals surface area contributed by atoms with Gasteiger partial charge in [-0.3, -0.25) is 0 Å². The molecule has 24 heavy (non-hydrogen) atoms. The second kappa shape index (κ2) is 17.7. The first-order valence-electron chi connectivity index (χ1n) is 6.26. The van der Waals surface area contributed by atoms with E-state index in [2.05, 4.69) is 16.0 Å². The van der Waals surface area contributed by atoms with Crippen molar-refractivity contribution >= 4 is 14.0 Å². The summed E-state index contributed by atoms with van der Waals surface area (Å²) in [5.41, 5.74) is 0. The quantitative estimate of drug-likeness (QED) is 0.351. The van der Waals surface area contributed by atoms with Gasteiger partial charge in [0.15, 0.2) is 0 Å². The number of nitrogens with zero attached hydrogens (tertiary/aromatic N) is 3. The molecule has 0 N–H and O–H groups in total. The second-order valence-corrected chi connectivity index (χ2v) is 6.92. The van der Waals surface area contributed by atoms with Crippen LogP contribution in [0.25, 0.3) is 16.0 Å². The van der Waals surface area contributed by atoms with Crippen molar-refractivity contribution in [2.45, 2.75) is 11.6 Å². The van der Waals surface area contributed by atoms with Crippen molar-refractivity contribution in [1.29, 1.82) is 0 Å². The molecule has 0 atom stereocenters. The van der Waals surface area contributed by atoms with Crippen LogP contribution in [-0.2, 0) is 26.2 Å². The van der Waals surface area contributed by atoms with E-state index >= 15 is 0 Å². The zero-order chi connectivity index (χ0) is 19.1. The summed E-state index contributed by atoms with van der Waals surface area (Å²) in [6.07, 6.45) is 0. The summed E-state index contributed by atoms with van der Waals surface area (Å²) < 4.78 is 72.7. The van der Waals surface area contributed by atoms with Crippen LogP contribution >= 0.6 is 0 Å². The van der Waals surface area contributed by atoms with E-state index in [-0.39, 0.29) is 26.2 Å². The molecule has 0 aliphatic carbocycles. The van der Waals surface area contributed by atoms with E-state index in [1.54, 1.807) is 42.3 Å². The summed E-state index contributed by atoms with van der Waals surface area (Å²) in [6.45, 7) is 0. The van der Waals surface area contributed by atoms with E-state index in [1.807, 2.05) is 0 Å². The van der Waals surface area contributed by atoms with Crippen LogP contribution in [0.15, 0.2) is 24.3 Å². The molecule has 0 aromatic heterocycles. The molecule has 0 saturated carbocycles. The van der Waals surface area contributed by atoms with Gasteiger partial charge in [-0.05, 0) is 0 Å². The molecule has 1 aromatic rings. The van der Waals surface area contributed by atoms with Crippen molar-refractivity contribution in [1.82, 2.24) is 0 Å². The first kappa shape index (κ1) is 31.7. The van der Waals surface area contributed by atoms with Gasteiger partial charge in [-0.25, -0.2) is 12.1 Å². The Balaban J connectivity index is -0.000000169. The molecular weight excluding hydrogens is 431 g/mol. The molecule has 0 unspecified atom stereocenters. The van der Waals surface area contributed by atoms with Gasteiger partial charge in [0.1, 0.15) is 0 Å². The van der Waals surface area contributed by atoms with E-state index < -0.39 is 25.6 Å². The minimum atomic E-state index is -5.16. The molecule has 0 fully saturated rings. The second-order valence-electron chi connectivity index (χ2n) is 4.08. The molecule has 0 heterocycles. The molecule has 11 heteroatoms. The summed E-state index contributed by atoms with van der Waals surface area (Å²) in [7, 11) is 5.58. The van der Waals surface area contributed by atoms with Crippen LogP contribution in [-0.4, -0.2) is 62.7 Å². The maximum absolute atomic E-state index is 12.1. The molecule has 0 spiro atoms. The number of alkyl halides is 6. The van der Waals surface area contributed by atoms with Crippen LogP contribution in [0.2, 0.25) is 0 Å². The molecule has 0 radical (unpaired) electrons. The molecular formula is C13H23F6N3SiZr. The zero-order valence-electron chi connectivity index (χ0n) is 14.5. The van der Waals surface area contributed by atoms with E-state index in [1.165, 1.54) is 12.1 Å². The topological polar surface area (TPSA) is 42.3 Å².